The van der Waals surface area contributed by atoms with E-state index in [0.29, 0.717) is 89.6 Å². The van der Waals surface area contributed by atoms with Crippen LogP contribution in [0.3, 0.4) is 0 Å². The first-order valence-electron chi connectivity index (χ1n) is 35.4. The number of Topliss-reactive ketones (excluding diaryl/α,β-unsaturated/α-hetero) is 2. The van der Waals surface area contributed by atoms with Crippen molar-refractivity contribution < 1.29 is 28.5 Å². The molecule has 12 aliphatic rings. The quantitative estimate of drug-likeness (QED) is 0.125. The number of allylic oxidation sites excluding steroid dienone is 2. The minimum Gasteiger partial charge on any atom is -0.109 e. The van der Waals surface area contributed by atoms with Crippen molar-refractivity contribution in [1.29, 1.82) is 0 Å². The number of hydrogen-bond donors (Lipinski definition) is 0. The topological polar surface area (TPSA) is 71.1 Å². The second-order valence-corrected chi connectivity index (χ2v) is 37.1. The minimum absolute atomic E-state index is 0.00778. The molecule has 86 heavy (non-hydrogen) atoms. The van der Waals surface area contributed by atoms with Crippen molar-refractivity contribution in [1.82, 2.24) is 0 Å². The van der Waals surface area contributed by atoms with Gasteiger partial charge in [-0.25, -0.2) is 0 Å². The van der Waals surface area contributed by atoms with E-state index in [9.17, 15) is 9.59 Å². The van der Waals surface area contributed by atoms with E-state index in [4.69, 9.17) is 48.7 Å². The molecule has 0 aromatic heterocycles. The summed E-state index contributed by atoms with van der Waals surface area (Å²) in [7, 11) is 0. The first kappa shape index (κ1) is 66.4. The number of halogens is 2. The van der Waals surface area contributed by atoms with Gasteiger partial charge in [-0.05, 0) is 135 Å². The van der Waals surface area contributed by atoms with Crippen LogP contribution in [0.1, 0.15) is 243 Å². The predicted octanol–water partition coefficient (Wildman–Crippen LogP) is 19.4. The van der Waals surface area contributed by atoms with Gasteiger partial charge in [0.25, 0.3) is 0 Å². The Labute approximate surface area is 540 Å². The van der Waals surface area contributed by atoms with Crippen molar-refractivity contribution in [3.63, 3.8) is 0 Å². The fraction of sp³-hybridized carbons (Fsp3) is 0.844. The van der Waals surface area contributed by atoms with Gasteiger partial charge in [0.2, 0.25) is 0 Å². The van der Waals surface area contributed by atoms with Crippen LogP contribution in [0, 0.1) is 113 Å². The molecule has 10 aliphatic carbocycles. The Hall–Kier alpha value is -1.02. The SMILES string of the molecule is C=C(C)[C@@H]1CC[C@]2(COC3CCCCO3)CC[C@]3(C)[C@H](CC[C@@H]4[C@@]5(C)CCC(=O)C(C)(C)[C@@H]5CC[C@]43C)[C@@H]12.C=C(C[Se]c1ccccc1)[C@@H]1CC[C@]2(COC3CCCCO3)CC[C@]3(C)[C@H](CC[C@@H]4[C@@]5(C)CCC(=O)C(C)(C)[C@@H]5CC[C@]43C)[C@@H]12.ClCCl. The Morgan fingerprint density at radius 2 is 0.965 bits per heavy atom. The number of benzene rings is 1. The molecule has 482 valence electrons. The molecule has 13 rings (SSSR count). The Morgan fingerprint density at radius 3 is 1.40 bits per heavy atom. The summed E-state index contributed by atoms with van der Waals surface area (Å²) in [5, 5.41) is 1.35. The summed E-state index contributed by atoms with van der Waals surface area (Å²) >= 11 is 9.97. The Bertz CT molecular complexity index is 2610. The summed E-state index contributed by atoms with van der Waals surface area (Å²) < 4.78 is 27.0. The van der Waals surface area contributed by atoms with Crippen LogP contribution < -0.4 is 4.46 Å². The van der Waals surface area contributed by atoms with Crippen molar-refractivity contribution >= 4 is 54.2 Å². The van der Waals surface area contributed by atoms with Crippen LogP contribution in [0.2, 0.25) is 5.32 Å². The molecule has 20 atom stereocenters. The zero-order chi connectivity index (χ0) is 61.5. The van der Waals surface area contributed by atoms with Crippen molar-refractivity contribution in [2.24, 2.45) is 113 Å². The number of ether oxygens (including phenoxy) is 4. The molecule has 0 radical (unpaired) electrons. The molecular weight excluding hydrogens is 1170 g/mol. The standard InChI is InChI=1S/C41H60O3Se.C35H56O3.CH2Cl2/c1-28(26-45-29-12-8-7-9-13-29)30-17-22-41(27-44-35-14-10-11-25-43-35)24-23-39(5)31(36(30)41)15-16-33-38(4)20-19-34(42)37(2,3)32(38)18-21-40(33,39)6;1-23(2)24-13-18-35(22-38-29-10-8-9-21-37-29)20-19-33(6)25(30(24)35)11-12-27-32(5)16-15-28(36)31(3,4)26(32)14-17-34(27,33)7;2-1-3/h7-9,12-13,30-33,35-36H,1,10-11,14-27H2,2-6H3;24-27,29-30H,1,8-22H2,2-7H3;1H2/t30-,31+,32-,33+,35?,36+,38-,39+,40+,41+;24-,25+,26-,27+,29?,30+,32-,33+,34+,35+;/m00./s1. The summed E-state index contributed by atoms with van der Waals surface area (Å²) in [5.41, 5.74) is 5.03. The van der Waals surface area contributed by atoms with Gasteiger partial charge in [0.1, 0.15) is 5.78 Å². The van der Waals surface area contributed by atoms with E-state index >= 15 is 0 Å². The van der Waals surface area contributed by atoms with Crippen molar-refractivity contribution in [3.05, 3.63) is 54.6 Å². The molecule has 2 aliphatic heterocycles. The molecule has 0 spiro atoms. The van der Waals surface area contributed by atoms with Gasteiger partial charge in [0.05, 0.1) is 11.9 Å². The Balaban J connectivity index is 0.000000173. The number of alkyl halides is 2. The van der Waals surface area contributed by atoms with E-state index in [1.165, 1.54) is 144 Å². The molecule has 0 amide bonds. The maximum absolute atomic E-state index is 13.2. The molecule has 2 unspecified atom stereocenters. The minimum atomic E-state index is -0.179. The maximum atomic E-state index is 13.2. The molecule has 1 aromatic carbocycles. The summed E-state index contributed by atoms with van der Waals surface area (Å²) in [5.74, 6) is 7.58. The zero-order valence-electron chi connectivity index (χ0n) is 56.0. The van der Waals surface area contributed by atoms with E-state index in [2.05, 4.69) is 113 Å². The average molecular weight is 1290 g/mol. The summed E-state index contributed by atoms with van der Waals surface area (Å²) in [4.78, 5) is 26.2. The molecule has 1 aromatic rings. The fourth-order valence-corrected chi connectivity index (χ4v) is 27.5. The van der Waals surface area contributed by atoms with Crippen molar-refractivity contribution in [2.75, 3.05) is 31.8 Å². The van der Waals surface area contributed by atoms with Crippen LogP contribution in [-0.4, -0.2) is 70.9 Å². The fourth-order valence-electron chi connectivity index (χ4n) is 25.6. The van der Waals surface area contributed by atoms with Crippen LogP contribution >= 0.6 is 23.2 Å². The van der Waals surface area contributed by atoms with Crippen LogP contribution in [-0.2, 0) is 28.5 Å². The molecule has 10 saturated carbocycles. The summed E-state index contributed by atoms with van der Waals surface area (Å²) in [6, 6.07) is 11.1. The number of fused-ring (bicyclic) bond motifs is 14. The van der Waals surface area contributed by atoms with Crippen LogP contribution in [0.4, 0.5) is 0 Å². The number of ketones is 2. The van der Waals surface area contributed by atoms with E-state index in [0.717, 1.165) is 88.0 Å². The summed E-state index contributed by atoms with van der Waals surface area (Å²) in [6.45, 7) is 40.5. The first-order chi connectivity index (χ1) is 40.8. The number of hydrogen-bond acceptors (Lipinski definition) is 6. The predicted molar refractivity (Wildman–Crippen MR) is 355 cm³/mol. The van der Waals surface area contributed by atoms with Gasteiger partial charge in [0.15, 0.2) is 6.29 Å². The third-order valence-electron chi connectivity index (χ3n) is 30.4. The number of rotatable bonds is 11. The molecule has 2 heterocycles. The largest absolute Gasteiger partial charge is 0.109 e. The molecule has 2 saturated heterocycles. The van der Waals surface area contributed by atoms with Crippen molar-refractivity contribution in [3.8, 4) is 0 Å². The normalized spacial score (nSPS) is 47.0. The Kier molecular flexibility index (Phi) is 19.3. The van der Waals surface area contributed by atoms with Gasteiger partial charge in [-0.15, -0.1) is 23.2 Å². The van der Waals surface area contributed by atoms with Gasteiger partial charge in [0, 0.05) is 18.4 Å². The Morgan fingerprint density at radius 1 is 0.523 bits per heavy atom. The molecule has 9 heteroatoms. The number of carbonyl (C=O) groups excluding carboxylic acids is 2. The third kappa shape index (κ3) is 10.9. The first-order valence-corrected chi connectivity index (χ1v) is 38.5. The molecule has 12 fully saturated rings. The monoisotopic (exact) mass is 1290 g/mol. The smallest absolute Gasteiger partial charge is 0.0967 e. The van der Waals surface area contributed by atoms with Gasteiger partial charge >= 0.3 is 277 Å². The van der Waals surface area contributed by atoms with E-state index in [-0.39, 0.29) is 50.4 Å². The van der Waals surface area contributed by atoms with E-state index in [1.54, 1.807) is 0 Å². The van der Waals surface area contributed by atoms with Crippen molar-refractivity contribution in [2.45, 2.75) is 261 Å². The second kappa shape index (κ2) is 25.0. The molecule has 0 bridgehead atoms. The summed E-state index contributed by atoms with van der Waals surface area (Å²) in [6.07, 6.45) is 31.5. The zero-order valence-corrected chi connectivity index (χ0v) is 59.2. The van der Waals surface area contributed by atoms with Gasteiger partial charge in [-0.3, -0.25) is 9.59 Å². The third-order valence-corrected chi connectivity index (χ3v) is 32.8. The molecule has 0 N–H and O–H groups in total. The van der Waals surface area contributed by atoms with Gasteiger partial charge in [-0.1, -0.05) is 46.8 Å². The van der Waals surface area contributed by atoms with Gasteiger partial charge < -0.3 is 9.47 Å². The van der Waals surface area contributed by atoms with Crippen LogP contribution in [0.15, 0.2) is 54.6 Å². The molecule has 6 nitrogen and oxygen atoms in total. The average Bonchev–Trinajstić information content (AvgIpc) is 0.968. The number of carbonyl (C=O) groups is 2. The maximum Gasteiger partial charge on any atom is 0.0967 e. The molecular formula is C77H118Cl2O6Se. The van der Waals surface area contributed by atoms with Gasteiger partial charge in [-0.2, -0.15) is 0 Å². The second-order valence-electron chi connectivity index (χ2n) is 34.1. The van der Waals surface area contributed by atoms with E-state index < -0.39 is 0 Å². The van der Waals surface area contributed by atoms with Crippen LogP contribution in [0.5, 0.6) is 0 Å². The van der Waals surface area contributed by atoms with Crippen LogP contribution in [0.25, 0.3) is 0 Å². The van der Waals surface area contributed by atoms with E-state index in [1.807, 2.05) is 0 Å².